The van der Waals surface area contributed by atoms with Crippen molar-refractivity contribution < 1.29 is 19.1 Å². The van der Waals surface area contributed by atoms with Crippen molar-refractivity contribution in [2.24, 2.45) is 0 Å². The molecule has 0 unspecified atom stereocenters. The number of halogens is 1. The summed E-state index contributed by atoms with van der Waals surface area (Å²) in [6.07, 6.45) is 1.63. The normalized spacial score (nSPS) is 15.3. The summed E-state index contributed by atoms with van der Waals surface area (Å²) in [5.41, 5.74) is 2.41. The summed E-state index contributed by atoms with van der Waals surface area (Å²) in [5, 5.41) is 9.09. The first-order valence-corrected chi connectivity index (χ1v) is 6.60. The first kappa shape index (κ1) is 14.0. The van der Waals surface area contributed by atoms with Gasteiger partial charge in [-0.15, -0.1) is 0 Å². The lowest BCUT2D eigenvalue weighted by molar-refractivity contribution is -0.112. The van der Waals surface area contributed by atoms with E-state index in [-0.39, 0.29) is 17.3 Å². The Morgan fingerprint density at radius 1 is 1.18 bits per heavy atom. The Hall–Kier alpha value is -2.95. The van der Waals surface area contributed by atoms with Crippen molar-refractivity contribution in [3.05, 3.63) is 65.0 Å². The van der Waals surface area contributed by atoms with Crippen molar-refractivity contribution >= 4 is 29.2 Å². The molecule has 4 nitrogen and oxygen atoms in total. The minimum Gasteiger partial charge on any atom is -0.478 e. The maximum atomic E-state index is 13.0. The summed E-state index contributed by atoms with van der Waals surface area (Å²) in [6.45, 7) is 0. The summed E-state index contributed by atoms with van der Waals surface area (Å²) >= 11 is 0. The van der Waals surface area contributed by atoms with Gasteiger partial charge in [-0.2, -0.15) is 0 Å². The van der Waals surface area contributed by atoms with Gasteiger partial charge in [-0.05, 0) is 42.0 Å². The number of hydrogen-bond acceptors (Lipinski definition) is 2. The van der Waals surface area contributed by atoms with Gasteiger partial charge in [-0.25, -0.2) is 9.18 Å². The number of aromatic carboxylic acids is 1. The predicted octanol–water partition coefficient (Wildman–Crippen LogP) is 3.04. The van der Waals surface area contributed by atoms with Crippen LogP contribution < -0.4 is 4.90 Å². The average Bonchev–Trinajstić information content (AvgIpc) is 2.74. The molecule has 1 aliphatic rings. The van der Waals surface area contributed by atoms with Crippen LogP contribution in [-0.2, 0) is 4.79 Å². The number of carboxylic acids is 1. The van der Waals surface area contributed by atoms with Crippen molar-refractivity contribution in [1.29, 1.82) is 0 Å². The zero-order valence-electron chi connectivity index (χ0n) is 11.7. The molecule has 5 heteroatoms. The summed E-state index contributed by atoms with van der Waals surface area (Å²) in [6, 6.07) is 10.3. The fourth-order valence-corrected chi connectivity index (χ4v) is 2.45. The second-order valence-corrected chi connectivity index (χ2v) is 5.01. The van der Waals surface area contributed by atoms with E-state index in [1.807, 2.05) is 0 Å². The van der Waals surface area contributed by atoms with Gasteiger partial charge in [0.2, 0.25) is 0 Å². The third kappa shape index (κ3) is 2.26. The standard InChI is InChI=1S/C17H12FNO3/c1-19-15-7-4-11(17(21)22)9-13(15)14(16(19)20)8-10-2-5-12(18)6-3-10/h2-9H,1H3,(H,21,22). The number of carbonyl (C=O) groups excluding carboxylic acids is 1. The predicted molar refractivity (Wildman–Crippen MR) is 81.1 cm³/mol. The Morgan fingerprint density at radius 3 is 2.50 bits per heavy atom. The van der Waals surface area contributed by atoms with E-state index in [0.717, 1.165) is 0 Å². The Kier molecular flexibility index (Phi) is 3.25. The molecule has 0 radical (unpaired) electrons. The lowest BCUT2D eigenvalue weighted by Gasteiger charge is -2.08. The molecule has 2 aromatic carbocycles. The number of fused-ring (bicyclic) bond motifs is 1. The number of nitrogens with zero attached hydrogens (tertiary/aromatic N) is 1. The topological polar surface area (TPSA) is 57.6 Å². The summed E-state index contributed by atoms with van der Waals surface area (Å²) < 4.78 is 13.0. The zero-order valence-corrected chi connectivity index (χ0v) is 11.7. The van der Waals surface area contributed by atoms with Crippen LogP contribution in [0.3, 0.4) is 0 Å². The van der Waals surface area contributed by atoms with E-state index in [0.29, 0.717) is 22.4 Å². The lowest BCUT2D eigenvalue weighted by Crippen LogP contribution is -2.20. The molecular formula is C17H12FNO3. The van der Waals surface area contributed by atoms with Crippen molar-refractivity contribution in [2.75, 3.05) is 11.9 Å². The average molecular weight is 297 g/mol. The van der Waals surface area contributed by atoms with Crippen molar-refractivity contribution in [3.8, 4) is 0 Å². The Labute approximate surface area is 126 Å². The molecule has 0 aliphatic carbocycles. The molecule has 0 fully saturated rings. The number of carbonyl (C=O) groups is 2. The molecule has 0 atom stereocenters. The largest absolute Gasteiger partial charge is 0.478 e. The molecule has 1 heterocycles. The van der Waals surface area contributed by atoms with E-state index in [1.54, 1.807) is 31.3 Å². The molecule has 0 saturated carbocycles. The molecule has 1 N–H and O–H groups in total. The van der Waals surface area contributed by atoms with E-state index in [4.69, 9.17) is 5.11 Å². The van der Waals surface area contributed by atoms with Gasteiger partial charge in [0.25, 0.3) is 5.91 Å². The van der Waals surface area contributed by atoms with Crippen molar-refractivity contribution in [2.45, 2.75) is 0 Å². The molecule has 22 heavy (non-hydrogen) atoms. The van der Waals surface area contributed by atoms with Crippen LogP contribution in [0.5, 0.6) is 0 Å². The molecule has 3 rings (SSSR count). The fourth-order valence-electron chi connectivity index (χ4n) is 2.45. The lowest BCUT2D eigenvalue weighted by atomic mass is 10.0. The second kappa shape index (κ2) is 5.11. The van der Waals surface area contributed by atoms with Crippen LogP contribution in [0, 0.1) is 5.82 Å². The number of anilines is 1. The number of benzene rings is 2. The number of hydrogen-bond donors (Lipinski definition) is 1. The highest BCUT2D eigenvalue weighted by Crippen LogP contribution is 2.37. The second-order valence-electron chi connectivity index (χ2n) is 5.01. The van der Waals surface area contributed by atoms with Gasteiger partial charge in [0.05, 0.1) is 11.3 Å². The maximum Gasteiger partial charge on any atom is 0.335 e. The van der Waals surface area contributed by atoms with Crippen LogP contribution >= 0.6 is 0 Å². The molecule has 0 spiro atoms. The van der Waals surface area contributed by atoms with Crippen LogP contribution in [0.25, 0.3) is 11.6 Å². The SMILES string of the molecule is CN1C(=O)C(=Cc2ccc(F)cc2)c2cc(C(=O)O)ccc21. The highest BCUT2D eigenvalue weighted by atomic mass is 19.1. The third-order valence-corrected chi connectivity index (χ3v) is 3.61. The van der Waals surface area contributed by atoms with Crippen LogP contribution in [0.4, 0.5) is 10.1 Å². The van der Waals surface area contributed by atoms with Crippen LogP contribution in [0.2, 0.25) is 0 Å². The Bertz CT molecular complexity index is 809. The van der Waals surface area contributed by atoms with Gasteiger partial charge in [-0.1, -0.05) is 12.1 Å². The van der Waals surface area contributed by atoms with Crippen molar-refractivity contribution in [3.63, 3.8) is 0 Å². The van der Waals surface area contributed by atoms with Gasteiger partial charge >= 0.3 is 5.97 Å². The van der Waals surface area contributed by atoms with Gasteiger partial charge in [-0.3, -0.25) is 4.79 Å². The third-order valence-electron chi connectivity index (χ3n) is 3.61. The van der Waals surface area contributed by atoms with Crippen LogP contribution in [0.15, 0.2) is 42.5 Å². The molecule has 110 valence electrons. The highest BCUT2D eigenvalue weighted by Gasteiger charge is 2.30. The Morgan fingerprint density at radius 2 is 1.86 bits per heavy atom. The first-order chi connectivity index (χ1) is 10.5. The molecule has 0 bridgehead atoms. The minimum atomic E-state index is -1.05. The number of likely N-dealkylation sites (N-methyl/N-ethyl adjacent to an activating group) is 1. The van der Waals surface area contributed by atoms with E-state index < -0.39 is 5.97 Å². The minimum absolute atomic E-state index is 0.117. The fraction of sp³-hybridized carbons (Fsp3) is 0.0588. The van der Waals surface area contributed by atoms with Crippen LogP contribution in [0.1, 0.15) is 21.5 Å². The smallest absolute Gasteiger partial charge is 0.335 e. The molecule has 1 aliphatic heterocycles. The molecule has 2 aromatic rings. The van der Waals surface area contributed by atoms with E-state index in [1.165, 1.54) is 29.2 Å². The first-order valence-electron chi connectivity index (χ1n) is 6.60. The van der Waals surface area contributed by atoms with E-state index in [9.17, 15) is 14.0 Å². The zero-order chi connectivity index (χ0) is 15.9. The van der Waals surface area contributed by atoms with Crippen LogP contribution in [-0.4, -0.2) is 24.0 Å². The van der Waals surface area contributed by atoms with Gasteiger partial charge in [0.15, 0.2) is 0 Å². The number of rotatable bonds is 2. The summed E-state index contributed by atoms with van der Waals surface area (Å²) in [5.74, 6) is -1.63. The molecule has 0 aromatic heterocycles. The van der Waals surface area contributed by atoms with Crippen molar-refractivity contribution in [1.82, 2.24) is 0 Å². The maximum absolute atomic E-state index is 13.0. The molecule has 0 saturated heterocycles. The van der Waals surface area contributed by atoms with Gasteiger partial charge in [0, 0.05) is 18.2 Å². The van der Waals surface area contributed by atoms with Gasteiger partial charge < -0.3 is 10.0 Å². The summed E-state index contributed by atoms with van der Waals surface area (Å²) in [4.78, 5) is 24.9. The van der Waals surface area contributed by atoms with Gasteiger partial charge in [0.1, 0.15) is 5.82 Å². The highest BCUT2D eigenvalue weighted by molar-refractivity contribution is 6.35. The monoisotopic (exact) mass is 297 g/mol. The molecular weight excluding hydrogens is 285 g/mol. The van der Waals surface area contributed by atoms with E-state index in [2.05, 4.69) is 0 Å². The number of carboxylic acid groups (broad SMARTS) is 1. The number of amides is 1. The quantitative estimate of drug-likeness (QED) is 0.867. The van der Waals surface area contributed by atoms with E-state index >= 15 is 0 Å². The summed E-state index contributed by atoms with van der Waals surface area (Å²) in [7, 11) is 1.63. The molecule has 1 amide bonds. The Balaban J connectivity index is 2.13.